The largest absolute Gasteiger partial charge is 0.345 e. The quantitative estimate of drug-likeness (QED) is 0.448. The molecule has 2 aliphatic rings. The molecule has 1 saturated carbocycles. The average molecular weight is 472 g/mol. The third-order valence-corrected chi connectivity index (χ3v) is 8.79. The highest BCUT2D eigenvalue weighted by atomic mass is 35.5. The van der Waals surface area contributed by atoms with Crippen molar-refractivity contribution in [2.45, 2.75) is 36.0 Å². The number of para-hydroxylation sites is 1. The Hall–Kier alpha value is -1.76. The Morgan fingerprint density at radius 3 is 2.45 bits per heavy atom. The molecule has 1 aliphatic heterocycles. The van der Waals surface area contributed by atoms with Gasteiger partial charge in [-0.25, -0.2) is 4.98 Å². The molecule has 0 spiro atoms. The number of hydrogen-bond donors (Lipinski definition) is 0. The van der Waals surface area contributed by atoms with Crippen LogP contribution in [0.4, 0.5) is 5.13 Å². The molecule has 31 heavy (non-hydrogen) atoms. The Labute approximate surface area is 196 Å². The standard InChI is InChI=1S/C24H26ClN3OS2/c1-30-19-5-4-6-20-21(19)26-23(31-20)28-15-13-27(14-16-28)22(29)24(11-2-3-12-24)17-7-9-18(25)10-8-17/h4-10H,2-3,11-16H2,1H3. The van der Waals surface area contributed by atoms with Crippen LogP contribution in [0.3, 0.4) is 0 Å². The lowest BCUT2D eigenvalue weighted by molar-refractivity contribution is -0.137. The molecule has 2 aromatic carbocycles. The van der Waals surface area contributed by atoms with Gasteiger partial charge < -0.3 is 9.80 Å². The van der Waals surface area contributed by atoms with Gasteiger partial charge in [-0.2, -0.15) is 0 Å². The first-order chi connectivity index (χ1) is 15.1. The van der Waals surface area contributed by atoms with E-state index in [1.165, 1.54) is 9.60 Å². The molecule has 5 rings (SSSR count). The molecule has 4 nitrogen and oxygen atoms in total. The Balaban J connectivity index is 1.33. The highest BCUT2D eigenvalue weighted by Gasteiger charge is 2.45. The molecule has 2 fully saturated rings. The van der Waals surface area contributed by atoms with Crippen LogP contribution in [0.15, 0.2) is 47.4 Å². The van der Waals surface area contributed by atoms with Gasteiger partial charge in [-0.05, 0) is 48.9 Å². The second-order valence-electron chi connectivity index (χ2n) is 8.38. The van der Waals surface area contributed by atoms with Crippen molar-refractivity contribution in [3.05, 3.63) is 53.1 Å². The molecule has 0 atom stereocenters. The molecule has 1 amide bonds. The topological polar surface area (TPSA) is 36.4 Å². The molecule has 7 heteroatoms. The zero-order valence-corrected chi connectivity index (χ0v) is 20.0. The number of hydrogen-bond acceptors (Lipinski definition) is 5. The third kappa shape index (κ3) is 3.83. The van der Waals surface area contributed by atoms with Crippen molar-refractivity contribution >= 4 is 56.0 Å². The van der Waals surface area contributed by atoms with Crippen LogP contribution in [-0.2, 0) is 10.2 Å². The summed E-state index contributed by atoms with van der Waals surface area (Å²) in [6.45, 7) is 3.16. The molecule has 1 aromatic heterocycles. The minimum Gasteiger partial charge on any atom is -0.345 e. The van der Waals surface area contributed by atoms with E-state index in [0.29, 0.717) is 5.91 Å². The smallest absolute Gasteiger partial charge is 0.233 e. The number of aromatic nitrogens is 1. The lowest BCUT2D eigenvalue weighted by atomic mass is 9.77. The molecular formula is C24H26ClN3OS2. The van der Waals surface area contributed by atoms with E-state index in [-0.39, 0.29) is 5.41 Å². The maximum absolute atomic E-state index is 13.7. The first kappa shape index (κ1) is 21.1. The van der Waals surface area contributed by atoms with E-state index in [9.17, 15) is 4.79 Å². The van der Waals surface area contributed by atoms with Gasteiger partial charge in [0.05, 0.1) is 15.6 Å². The molecule has 1 saturated heterocycles. The van der Waals surface area contributed by atoms with Crippen LogP contribution >= 0.6 is 34.7 Å². The summed E-state index contributed by atoms with van der Waals surface area (Å²) in [5.74, 6) is 0.293. The summed E-state index contributed by atoms with van der Waals surface area (Å²) in [5, 5.41) is 1.79. The number of benzene rings is 2. The fraction of sp³-hybridized carbons (Fsp3) is 0.417. The Morgan fingerprint density at radius 1 is 1.06 bits per heavy atom. The number of fused-ring (bicyclic) bond motifs is 1. The van der Waals surface area contributed by atoms with E-state index in [4.69, 9.17) is 16.6 Å². The normalized spacial score (nSPS) is 18.6. The molecule has 3 aromatic rings. The maximum Gasteiger partial charge on any atom is 0.233 e. The molecule has 0 N–H and O–H groups in total. The second-order valence-corrected chi connectivity index (χ2v) is 10.7. The number of amides is 1. The van der Waals surface area contributed by atoms with E-state index in [0.717, 1.165) is 73.1 Å². The van der Waals surface area contributed by atoms with Gasteiger partial charge in [-0.15, -0.1) is 11.8 Å². The third-order valence-electron chi connectivity index (χ3n) is 6.69. The fourth-order valence-corrected chi connectivity index (χ4v) is 6.79. The fourth-order valence-electron chi connectivity index (χ4n) is 4.99. The summed E-state index contributed by atoms with van der Waals surface area (Å²) in [7, 11) is 0. The highest BCUT2D eigenvalue weighted by molar-refractivity contribution is 7.98. The number of rotatable bonds is 4. The Kier molecular flexibility index (Phi) is 5.88. The van der Waals surface area contributed by atoms with Gasteiger partial charge in [-0.1, -0.05) is 54.0 Å². The Morgan fingerprint density at radius 2 is 1.77 bits per heavy atom. The predicted octanol–water partition coefficient (Wildman–Crippen LogP) is 5.83. The Bertz CT molecular complexity index is 1080. The second kappa shape index (κ2) is 8.64. The molecule has 0 bridgehead atoms. The summed E-state index contributed by atoms with van der Waals surface area (Å²) >= 11 is 9.60. The first-order valence-electron chi connectivity index (χ1n) is 10.8. The van der Waals surface area contributed by atoms with E-state index < -0.39 is 0 Å². The molecule has 1 aliphatic carbocycles. The van der Waals surface area contributed by atoms with Crippen LogP contribution in [0.2, 0.25) is 5.02 Å². The highest BCUT2D eigenvalue weighted by Crippen LogP contribution is 2.43. The summed E-state index contributed by atoms with van der Waals surface area (Å²) < 4.78 is 1.23. The SMILES string of the molecule is CSc1cccc2sc(N3CCN(C(=O)C4(c5ccc(Cl)cc5)CCCC4)CC3)nc12. The van der Waals surface area contributed by atoms with E-state index in [1.54, 1.807) is 23.1 Å². The average Bonchev–Trinajstić information content (AvgIpc) is 3.47. The van der Waals surface area contributed by atoms with Crippen molar-refractivity contribution in [2.24, 2.45) is 0 Å². The molecule has 0 radical (unpaired) electrons. The summed E-state index contributed by atoms with van der Waals surface area (Å²) in [5.41, 5.74) is 1.84. The summed E-state index contributed by atoms with van der Waals surface area (Å²) in [6, 6.07) is 14.3. The van der Waals surface area contributed by atoms with Gasteiger partial charge >= 0.3 is 0 Å². The van der Waals surface area contributed by atoms with Crippen LogP contribution in [-0.4, -0.2) is 48.2 Å². The lowest BCUT2D eigenvalue weighted by Crippen LogP contribution is -2.54. The van der Waals surface area contributed by atoms with Gasteiger partial charge in [0.1, 0.15) is 0 Å². The zero-order valence-electron chi connectivity index (χ0n) is 17.6. The van der Waals surface area contributed by atoms with Gasteiger partial charge in [0.15, 0.2) is 5.13 Å². The van der Waals surface area contributed by atoms with E-state index in [2.05, 4.69) is 34.3 Å². The van der Waals surface area contributed by atoms with Gasteiger partial charge in [0.25, 0.3) is 0 Å². The lowest BCUT2D eigenvalue weighted by Gasteiger charge is -2.40. The number of carbonyl (C=O) groups excluding carboxylic acids is 1. The predicted molar refractivity (Wildman–Crippen MR) is 132 cm³/mol. The first-order valence-corrected chi connectivity index (χ1v) is 13.3. The number of halogens is 1. The minimum atomic E-state index is -0.379. The number of nitrogens with zero attached hydrogens (tertiary/aromatic N) is 3. The number of carbonyl (C=O) groups is 1. The van der Waals surface area contributed by atoms with Crippen LogP contribution in [0.1, 0.15) is 31.2 Å². The number of thiazole rings is 1. The van der Waals surface area contributed by atoms with Crippen molar-refractivity contribution in [3.63, 3.8) is 0 Å². The zero-order chi connectivity index (χ0) is 21.4. The van der Waals surface area contributed by atoms with Gasteiger partial charge in [0.2, 0.25) is 5.91 Å². The minimum absolute atomic E-state index is 0.293. The van der Waals surface area contributed by atoms with Crippen LogP contribution in [0.25, 0.3) is 10.2 Å². The van der Waals surface area contributed by atoms with Crippen LogP contribution < -0.4 is 4.90 Å². The summed E-state index contributed by atoms with van der Waals surface area (Å²) in [6.07, 6.45) is 6.18. The van der Waals surface area contributed by atoms with E-state index in [1.807, 2.05) is 24.3 Å². The van der Waals surface area contributed by atoms with Crippen LogP contribution in [0, 0.1) is 0 Å². The van der Waals surface area contributed by atoms with Crippen LogP contribution in [0.5, 0.6) is 0 Å². The van der Waals surface area contributed by atoms with Gasteiger partial charge in [0, 0.05) is 36.1 Å². The van der Waals surface area contributed by atoms with Crippen molar-refractivity contribution in [1.82, 2.24) is 9.88 Å². The van der Waals surface area contributed by atoms with Gasteiger partial charge in [-0.3, -0.25) is 4.79 Å². The summed E-state index contributed by atoms with van der Waals surface area (Å²) in [4.78, 5) is 24.3. The van der Waals surface area contributed by atoms with Crippen molar-refractivity contribution in [1.29, 1.82) is 0 Å². The number of thioether (sulfide) groups is 1. The maximum atomic E-state index is 13.7. The molecule has 162 valence electrons. The number of anilines is 1. The molecule has 2 heterocycles. The monoisotopic (exact) mass is 471 g/mol. The van der Waals surface area contributed by atoms with Crippen molar-refractivity contribution in [3.8, 4) is 0 Å². The molecule has 0 unspecified atom stereocenters. The molecular weight excluding hydrogens is 446 g/mol. The van der Waals surface area contributed by atoms with Crippen molar-refractivity contribution < 1.29 is 4.79 Å². The van der Waals surface area contributed by atoms with Crippen molar-refractivity contribution in [2.75, 3.05) is 37.3 Å². The van der Waals surface area contributed by atoms with E-state index >= 15 is 0 Å². The number of piperazine rings is 1.